The molecule has 0 spiro atoms. The highest BCUT2D eigenvalue weighted by Gasteiger charge is 2.32. The van der Waals surface area contributed by atoms with Gasteiger partial charge in [0.05, 0.1) is 23.2 Å². The number of hydrogen-bond acceptors (Lipinski definition) is 4. The molecule has 1 atom stereocenters. The summed E-state index contributed by atoms with van der Waals surface area (Å²) in [5.41, 5.74) is 2.80. The second-order valence-electron chi connectivity index (χ2n) is 7.50. The Morgan fingerprint density at radius 3 is 2.52 bits per heavy atom. The van der Waals surface area contributed by atoms with Gasteiger partial charge in [-0.2, -0.15) is 9.40 Å². The van der Waals surface area contributed by atoms with E-state index in [1.54, 1.807) is 27.3 Å². The molecule has 29 heavy (non-hydrogen) atoms. The number of piperazine rings is 1. The average Bonchev–Trinajstić information content (AvgIpc) is 3.11. The van der Waals surface area contributed by atoms with Crippen LogP contribution in [0.15, 0.2) is 48.7 Å². The topological polar surface area (TPSA) is 58.4 Å². The molecule has 0 bridgehead atoms. The van der Waals surface area contributed by atoms with Crippen LogP contribution in [0.5, 0.6) is 0 Å². The maximum atomic E-state index is 13.2. The first-order chi connectivity index (χ1) is 13.9. The molecule has 1 aromatic heterocycles. The van der Waals surface area contributed by atoms with Crippen LogP contribution in [0.2, 0.25) is 0 Å². The highest BCUT2D eigenvalue weighted by molar-refractivity contribution is 7.89. The van der Waals surface area contributed by atoms with Gasteiger partial charge in [0.1, 0.15) is 5.82 Å². The third-order valence-electron chi connectivity index (χ3n) is 5.37. The molecular formula is C21H25FN4O2S. The van der Waals surface area contributed by atoms with Crippen molar-refractivity contribution in [1.29, 1.82) is 0 Å². The summed E-state index contributed by atoms with van der Waals surface area (Å²) in [6.07, 6.45) is 2.43. The first-order valence-corrected chi connectivity index (χ1v) is 11.5. The molecular weight excluding hydrogens is 391 g/mol. The van der Waals surface area contributed by atoms with Gasteiger partial charge in [0.25, 0.3) is 0 Å². The Morgan fingerprint density at radius 2 is 1.83 bits per heavy atom. The summed E-state index contributed by atoms with van der Waals surface area (Å²) < 4.78 is 41.5. The van der Waals surface area contributed by atoms with Crippen molar-refractivity contribution in [2.75, 3.05) is 30.3 Å². The summed E-state index contributed by atoms with van der Waals surface area (Å²) >= 11 is 0. The molecule has 1 fully saturated rings. The SMILES string of the molecule is CCCS(=O)(=O)N1CCN(c2ccc3c(cnn3-c3ccc(F)cc3)c2)CC1C. The van der Waals surface area contributed by atoms with E-state index >= 15 is 0 Å². The molecule has 1 aliphatic heterocycles. The van der Waals surface area contributed by atoms with Crippen molar-refractivity contribution in [3.05, 3.63) is 54.5 Å². The fraction of sp³-hybridized carbons (Fsp3) is 0.381. The Bertz CT molecular complexity index is 1110. The summed E-state index contributed by atoms with van der Waals surface area (Å²) in [5.74, 6) is -0.0759. The second kappa shape index (κ2) is 7.76. The smallest absolute Gasteiger partial charge is 0.214 e. The highest BCUT2D eigenvalue weighted by atomic mass is 32.2. The zero-order valence-electron chi connectivity index (χ0n) is 16.6. The van der Waals surface area contributed by atoms with Gasteiger partial charge >= 0.3 is 0 Å². The van der Waals surface area contributed by atoms with E-state index in [2.05, 4.69) is 16.1 Å². The Kier molecular flexibility index (Phi) is 5.31. The van der Waals surface area contributed by atoms with E-state index in [4.69, 9.17) is 0 Å². The number of halogens is 1. The molecule has 0 N–H and O–H groups in total. The molecule has 0 amide bonds. The Labute approximate surface area is 170 Å². The van der Waals surface area contributed by atoms with Crippen molar-refractivity contribution in [3.63, 3.8) is 0 Å². The molecule has 0 radical (unpaired) electrons. The van der Waals surface area contributed by atoms with Crippen molar-refractivity contribution >= 4 is 26.6 Å². The van der Waals surface area contributed by atoms with Gasteiger partial charge in [0, 0.05) is 36.7 Å². The van der Waals surface area contributed by atoms with Gasteiger partial charge in [-0.1, -0.05) is 6.92 Å². The summed E-state index contributed by atoms with van der Waals surface area (Å²) in [7, 11) is -3.19. The van der Waals surface area contributed by atoms with Crippen LogP contribution in [0.1, 0.15) is 20.3 Å². The molecule has 2 aromatic carbocycles. The molecule has 0 saturated carbocycles. The van der Waals surface area contributed by atoms with E-state index in [-0.39, 0.29) is 17.6 Å². The zero-order chi connectivity index (χ0) is 20.6. The number of anilines is 1. The van der Waals surface area contributed by atoms with Crippen LogP contribution in [0.25, 0.3) is 16.6 Å². The number of hydrogen-bond donors (Lipinski definition) is 0. The van der Waals surface area contributed by atoms with E-state index in [1.807, 2.05) is 26.0 Å². The van der Waals surface area contributed by atoms with Crippen LogP contribution in [-0.4, -0.2) is 53.9 Å². The van der Waals surface area contributed by atoms with Crippen molar-refractivity contribution < 1.29 is 12.8 Å². The Balaban J connectivity index is 1.56. The molecule has 1 unspecified atom stereocenters. The quantitative estimate of drug-likeness (QED) is 0.640. The van der Waals surface area contributed by atoms with Crippen LogP contribution >= 0.6 is 0 Å². The van der Waals surface area contributed by atoms with Crippen LogP contribution in [-0.2, 0) is 10.0 Å². The molecule has 1 saturated heterocycles. The average molecular weight is 417 g/mol. The molecule has 8 heteroatoms. The van der Waals surface area contributed by atoms with Gasteiger partial charge in [0.2, 0.25) is 10.0 Å². The summed E-state index contributed by atoms with van der Waals surface area (Å²) in [4.78, 5) is 2.22. The number of benzene rings is 2. The van der Waals surface area contributed by atoms with Crippen molar-refractivity contribution in [3.8, 4) is 5.69 Å². The molecule has 2 heterocycles. The van der Waals surface area contributed by atoms with Crippen LogP contribution in [0, 0.1) is 5.82 Å². The van der Waals surface area contributed by atoms with Gasteiger partial charge in [-0.25, -0.2) is 17.5 Å². The maximum Gasteiger partial charge on any atom is 0.214 e. The van der Waals surface area contributed by atoms with E-state index in [1.165, 1.54) is 12.1 Å². The third kappa shape index (κ3) is 3.86. The molecule has 4 rings (SSSR count). The fourth-order valence-electron chi connectivity index (χ4n) is 3.97. The first-order valence-electron chi connectivity index (χ1n) is 9.87. The lowest BCUT2D eigenvalue weighted by atomic mass is 10.1. The number of aromatic nitrogens is 2. The van der Waals surface area contributed by atoms with Crippen molar-refractivity contribution in [1.82, 2.24) is 14.1 Å². The maximum absolute atomic E-state index is 13.2. The van der Waals surface area contributed by atoms with E-state index < -0.39 is 10.0 Å². The minimum atomic E-state index is -3.19. The molecule has 6 nitrogen and oxygen atoms in total. The molecule has 1 aliphatic rings. The van der Waals surface area contributed by atoms with Crippen LogP contribution in [0.4, 0.5) is 10.1 Å². The summed E-state index contributed by atoms with van der Waals surface area (Å²) in [6, 6.07) is 12.3. The lowest BCUT2D eigenvalue weighted by Crippen LogP contribution is -2.54. The zero-order valence-corrected chi connectivity index (χ0v) is 17.4. The fourth-order valence-corrected chi connectivity index (χ4v) is 5.69. The monoisotopic (exact) mass is 416 g/mol. The lowest BCUT2D eigenvalue weighted by Gasteiger charge is -2.40. The van der Waals surface area contributed by atoms with Gasteiger partial charge in [-0.3, -0.25) is 0 Å². The summed E-state index contributed by atoms with van der Waals surface area (Å²) in [6.45, 7) is 5.66. The standard InChI is InChI=1S/C21H25FN4O2S/c1-3-12-29(27,28)25-11-10-24(15-16(25)2)20-8-9-21-17(13-20)14-23-26(21)19-6-4-18(22)5-7-19/h4-9,13-14,16H,3,10-12,15H2,1-2H3. The molecule has 3 aromatic rings. The Morgan fingerprint density at radius 1 is 1.10 bits per heavy atom. The van der Waals surface area contributed by atoms with Crippen molar-refractivity contribution in [2.24, 2.45) is 0 Å². The third-order valence-corrected chi connectivity index (χ3v) is 7.56. The number of nitrogens with zero attached hydrogens (tertiary/aromatic N) is 4. The van der Waals surface area contributed by atoms with Crippen LogP contribution in [0.3, 0.4) is 0 Å². The predicted octanol–water partition coefficient (Wildman–Crippen LogP) is 3.41. The van der Waals surface area contributed by atoms with Gasteiger partial charge < -0.3 is 4.90 Å². The minimum absolute atomic E-state index is 0.0714. The normalized spacial score (nSPS) is 18.4. The first kappa shape index (κ1) is 19.8. The molecule has 0 aliphatic carbocycles. The highest BCUT2D eigenvalue weighted by Crippen LogP contribution is 2.27. The molecule has 154 valence electrons. The minimum Gasteiger partial charge on any atom is -0.369 e. The predicted molar refractivity (Wildman–Crippen MR) is 113 cm³/mol. The van der Waals surface area contributed by atoms with Crippen LogP contribution < -0.4 is 4.90 Å². The van der Waals surface area contributed by atoms with Gasteiger partial charge in [0.15, 0.2) is 0 Å². The number of rotatable bonds is 5. The van der Waals surface area contributed by atoms with Crippen molar-refractivity contribution in [2.45, 2.75) is 26.3 Å². The summed E-state index contributed by atoms with van der Waals surface area (Å²) in [5, 5.41) is 5.44. The lowest BCUT2D eigenvalue weighted by molar-refractivity contribution is 0.306. The largest absolute Gasteiger partial charge is 0.369 e. The number of sulfonamides is 1. The van der Waals surface area contributed by atoms with E-state index in [0.29, 0.717) is 26.1 Å². The van der Waals surface area contributed by atoms with Gasteiger partial charge in [-0.05, 0) is 55.8 Å². The van der Waals surface area contributed by atoms with Gasteiger partial charge in [-0.15, -0.1) is 0 Å². The Hall–Kier alpha value is -2.45. The van der Waals surface area contributed by atoms with E-state index in [0.717, 1.165) is 22.3 Å². The second-order valence-corrected chi connectivity index (χ2v) is 9.54. The van der Waals surface area contributed by atoms with E-state index in [9.17, 15) is 12.8 Å². The number of fused-ring (bicyclic) bond motifs is 1.